The average Bonchev–Trinajstić information content (AvgIpc) is 1.67. The minimum Gasteiger partial charge on any atom is -0.479 e. The summed E-state index contributed by atoms with van der Waals surface area (Å²) in [4.78, 5) is 9.85. The molecule has 1 atom stereocenters. The van der Waals surface area contributed by atoms with Gasteiger partial charge < -0.3 is 5.11 Å². The highest BCUT2D eigenvalue weighted by Crippen LogP contribution is 2.12. The van der Waals surface area contributed by atoms with Gasteiger partial charge in [-0.25, -0.2) is 9.18 Å². The number of alkyl halides is 2. The number of carboxylic acids is 1. The van der Waals surface area contributed by atoms with Gasteiger partial charge >= 0.3 is 5.97 Å². The maximum Gasteiger partial charge on any atom is 0.342 e. The summed E-state index contributed by atoms with van der Waals surface area (Å²) in [5, 5.41) is 7.86. The smallest absolute Gasteiger partial charge is 0.342 e. The third kappa shape index (κ3) is 1.78. The number of hydrogen-bond acceptors (Lipinski definition) is 1. The molecule has 0 amide bonds. The van der Waals surface area contributed by atoms with Crippen molar-refractivity contribution < 1.29 is 14.3 Å². The molecule has 0 saturated carbocycles. The van der Waals surface area contributed by atoms with Crippen LogP contribution in [0, 0.1) is 0 Å². The van der Waals surface area contributed by atoms with E-state index < -0.39 is 11.6 Å². The predicted octanol–water partition coefficient (Wildman–Crippen LogP) is 1.19. The van der Waals surface area contributed by atoms with Crippen LogP contribution in [0.5, 0.6) is 0 Å². The van der Waals surface area contributed by atoms with Crippen molar-refractivity contribution >= 4 is 21.9 Å². The van der Waals surface area contributed by atoms with E-state index in [1.807, 2.05) is 0 Å². The Labute approximate surface area is 54.8 Å². The Balaban J connectivity index is 3.91. The summed E-state index contributed by atoms with van der Waals surface area (Å²) in [6, 6.07) is 0. The van der Waals surface area contributed by atoms with E-state index >= 15 is 0 Å². The number of halogens is 2. The molecule has 0 rings (SSSR count). The fourth-order valence-electron chi connectivity index (χ4n) is 0.0572. The lowest BCUT2D eigenvalue weighted by molar-refractivity contribution is -0.147. The fraction of sp³-hybridized carbons (Fsp3) is 0.750. The van der Waals surface area contributed by atoms with Crippen molar-refractivity contribution in [3.63, 3.8) is 0 Å². The first kappa shape index (κ1) is 7.88. The molecule has 0 aliphatic rings. The molecule has 4 heteroatoms. The Morgan fingerprint density at radius 1 is 2.00 bits per heavy atom. The van der Waals surface area contributed by atoms with Crippen LogP contribution in [0.2, 0.25) is 0 Å². The van der Waals surface area contributed by atoms with Gasteiger partial charge in [0.2, 0.25) is 5.67 Å². The molecule has 0 aliphatic heterocycles. The van der Waals surface area contributed by atoms with Crippen molar-refractivity contribution in [2.45, 2.75) is 12.6 Å². The van der Waals surface area contributed by atoms with E-state index in [1.54, 1.807) is 0 Å². The minimum atomic E-state index is -2.12. The summed E-state index contributed by atoms with van der Waals surface area (Å²) in [5.41, 5.74) is -2.12. The lowest BCUT2D eigenvalue weighted by Gasteiger charge is -2.08. The standard InChI is InChI=1S/C4H6BrFO2/c1-4(6,2-5)3(7)8/h2H2,1H3,(H,7,8). The second kappa shape index (κ2) is 2.44. The van der Waals surface area contributed by atoms with Crippen molar-refractivity contribution in [2.75, 3.05) is 5.33 Å². The van der Waals surface area contributed by atoms with Gasteiger partial charge in [-0.15, -0.1) is 0 Å². The summed E-state index contributed by atoms with van der Waals surface area (Å²) in [7, 11) is 0. The number of aliphatic carboxylic acids is 1. The maximum atomic E-state index is 12.3. The zero-order chi connectivity index (χ0) is 6.78. The van der Waals surface area contributed by atoms with Crippen molar-refractivity contribution in [1.82, 2.24) is 0 Å². The second-order valence-corrected chi connectivity index (χ2v) is 2.20. The van der Waals surface area contributed by atoms with Gasteiger partial charge in [0.05, 0.1) is 0 Å². The van der Waals surface area contributed by atoms with Crippen molar-refractivity contribution in [2.24, 2.45) is 0 Å². The van der Waals surface area contributed by atoms with E-state index in [4.69, 9.17) is 5.11 Å². The quantitative estimate of drug-likeness (QED) is 0.656. The Kier molecular flexibility index (Phi) is 2.40. The van der Waals surface area contributed by atoms with Gasteiger partial charge in [0, 0.05) is 5.33 Å². The van der Waals surface area contributed by atoms with Gasteiger partial charge in [0.25, 0.3) is 0 Å². The number of carboxylic acid groups (broad SMARTS) is 1. The Morgan fingerprint density at radius 2 is 2.38 bits per heavy atom. The zero-order valence-corrected chi connectivity index (χ0v) is 5.90. The van der Waals surface area contributed by atoms with Crippen molar-refractivity contribution in [3.8, 4) is 0 Å². The molecule has 0 aromatic rings. The molecule has 1 unspecified atom stereocenters. The van der Waals surface area contributed by atoms with Gasteiger partial charge in [-0.2, -0.15) is 0 Å². The van der Waals surface area contributed by atoms with Gasteiger partial charge in [0.1, 0.15) is 0 Å². The van der Waals surface area contributed by atoms with Gasteiger partial charge in [0.15, 0.2) is 0 Å². The summed E-state index contributed by atoms with van der Waals surface area (Å²) >= 11 is 2.72. The van der Waals surface area contributed by atoms with E-state index in [-0.39, 0.29) is 5.33 Å². The highest BCUT2D eigenvalue weighted by Gasteiger charge is 2.30. The van der Waals surface area contributed by atoms with Crippen LogP contribution in [0.1, 0.15) is 6.92 Å². The number of hydrogen-bond donors (Lipinski definition) is 1. The van der Waals surface area contributed by atoms with Crippen LogP contribution in [-0.2, 0) is 4.79 Å². The van der Waals surface area contributed by atoms with Gasteiger partial charge in [-0.05, 0) is 6.92 Å². The molecule has 0 bridgehead atoms. The molecule has 0 heterocycles. The largest absolute Gasteiger partial charge is 0.479 e. The first-order chi connectivity index (χ1) is 3.50. The molecule has 0 fully saturated rings. The predicted molar refractivity (Wildman–Crippen MR) is 30.9 cm³/mol. The van der Waals surface area contributed by atoms with E-state index in [0.29, 0.717) is 0 Å². The topological polar surface area (TPSA) is 37.3 Å². The minimum absolute atomic E-state index is 0.171. The van der Waals surface area contributed by atoms with Crippen molar-refractivity contribution in [1.29, 1.82) is 0 Å². The first-order valence-electron chi connectivity index (χ1n) is 1.99. The highest BCUT2D eigenvalue weighted by atomic mass is 79.9. The number of carbonyl (C=O) groups is 1. The zero-order valence-electron chi connectivity index (χ0n) is 4.32. The van der Waals surface area contributed by atoms with E-state index in [2.05, 4.69) is 15.9 Å². The Bertz CT molecular complexity index is 102. The van der Waals surface area contributed by atoms with Crippen LogP contribution in [-0.4, -0.2) is 22.1 Å². The monoisotopic (exact) mass is 184 g/mol. The van der Waals surface area contributed by atoms with Gasteiger partial charge in [-0.1, -0.05) is 15.9 Å². The average molecular weight is 185 g/mol. The van der Waals surface area contributed by atoms with Crippen LogP contribution in [0.3, 0.4) is 0 Å². The molecule has 0 spiro atoms. The molecule has 0 aromatic heterocycles. The van der Waals surface area contributed by atoms with Crippen LogP contribution in [0.4, 0.5) is 4.39 Å². The molecular weight excluding hydrogens is 179 g/mol. The van der Waals surface area contributed by atoms with Gasteiger partial charge in [-0.3, -0.25) is 0 Å². The van der Waals surface area contributed by atoms with E-state index in [9.17, 15) is 9.18 Å². The third-order valence-corrected chi connectivity index (χ3v) is 1.75. The summed E-state index contributed by atoms with van der Waals surface area (Å²) < 4.78 is 12.3. The Hall–Kier alpha value is -0.120. The Morgan fingerprint density at radius 3 is 2.38 bits per heavy atom. The lowest BCUT2D eigenvalue weighted by Crippen LogP contribution is -2.31. The molecule has 0 aliphatic carbocycles. The summed E-state index contributed by atoms with van der Waals surface area (Å²) in [6.07, 6.45) is 0. The van der Waals surface area contributed by atoms with Crippen LogP contribution >= 0.6 is 15.9 Å². The molecule has 8 heavy (non-hydrogen) atoms. The molecule has 2 nitrogen and oxygen atoms in total. The number of rotatable bonds is 2. The molecular formula is C4H6BrFO2. The fourth-order valence-corrected chi connectivity index (χ4v) is 0.297. The van der Waals surface area contributed by atoms with Crippen LogP contribution < -0.4 is 0 Å². The van der Waals surface area contributed by atoms with Crippen LogP contribution in [0.25, 0.3) is 0 Å². The third-order valence-electron chi connectivity index (χ3n) is 0.697. The molecule has 0 saturated heterocycles. The molecule has 48 valence electrons. The molecule has 0 radical (unpaired) electrons. The highest BCUT2D eigenvalue weighted by molar-refractivity contribution is 9.09. The van der Waals surface area contributed by atoms with Crippen LogP contribution in [0.15, 0.2) is 0 Å². The normalized spacial score (nSPS) is 17.4. The maximum absolute atomic E-state index is 12.3. The lowest BCUT2D eigenvalue weighted by atomic mass is 10.2. The summed E-state index contributed by atoms with van der Waals surface area (Å²) in [5.74, 6) is -1.44. The van der Waals surface area contributed by atoms with E-state index in [1.165, 1.54) is 0 Å². The second-order valence-electron chi connectivity index (χ2n) is 1.64. The van der Waals surface area contributed by atoms with E-state index in [0.717, 1.165) is 6.92 Å². The summed E-state index contributed by atoms with van der Waals surface area (Å²) in [6.45, 7) is 1.00. The first-order valence-corrected chi connectivity index (χ1v) is 3.11. The molecule has 0 aromatic carbocycles. The molecule has 1 N–H and O–H groups in total. The SMILES string of the molecule is CC(F)(CBr)C(=O)O. The van der Waals surface area contributed by atoms with Crippen molar-refractivity contribution in [3.05, 3.63) is 0 Å².